The minimum atomic E-state index is 0.292. The fourth-order valence-electron chi connectivity index (χ4n) is 1.80. The van der Waals surface area contributed by atoms with Gasteiger partial charge < -0.3 is 11.1 Å². The van der Waals surface area contributed by atoms with Crippen molar-refractivity contribution in [2.24, 2.45) is 5.73 Å². The topological polar surface area (TPSA) is 50.9 Å². The van der Waals surface area contributed by atoms with Crippen molar-refractivity contribution in [3.05, 3.63) is 59.9 Å². The molecule has 0 aliphatic rings. The number of nitrogens with zero attached hydrogens (tertiary/aromatic N) is 1. The van der Waals surface area contributed by atoms with Gasteiger partial charge in [0.1, 0.15) is 0 Å². The number of para-hydroxylation sites is 1. The Balaban J connectivity index is 2.07. The molecule has 3 N–H and O–H groups in total. The van der Waals surface area contributed by atoms with Gasteiger partial charge in [-0.3, -0.25) is 4.98 Å². The van der Waals surface area contributed by atoms with E-state index in [2.05, 4.69) is 16.4 Å². The van der Waals surface area contributed by atoms with Crippen LogP contribution in [-0.4, -0.2) is 10.1 Å². The molecule has 0 aliphatic carbocycles. The summed E-state index contributed by atoms with van der Waals surface area (Å²) in [4.78, 5) is 4.31. The quantitative estimate of drug-likeness (QED) is 0.826. The number of hydrogen-bond acceptors (Lipinski definition) is 2. The maximum atomic E-state index is 5.51. The molecule has 1 aromatic carbocycles. The molecule has 0 spiro atoms. The van der Waals surface area contributed by atoms with Crippen LogP contribution in [0.5, 0.6) is 0 Å². The highest BCUT2D eigenvalue weighted by atomic mass is 32.1. The van der Waals surface area contributed by atoms with Crippen LogP contribution in [0, 0.1) is 0 Å². The van der Waals surface area contributed by atoms with Gasteiger partial charge in [0.15, 0.2) is 5.11 Å². The molecule has 18 heavy (non-hydrogen) atoms. The van der Waals surface area contributed by atoms with Gasteiger partial charge in [-0.05, 0) is 48.8 Å². The number of aromatic nitrogens is 1. The number of nitrogens with two attached hydrogens (primary N) is 1. The van der Waals surface area contributed by atoms with Crippen LogP contribution >= 0.6 is 12.2 Å². The van der Waals surface area contributed by atoms with Gasteiger partial charge in [-0.1, -0.05) is 24.3 Å². The Labute approximate surface area is 112 Å². The Kier molecular flexibility index (Phi) is 4.25. The third kappa shape index (κ3) is 3.53. The summed E-state index contributed by atoms with van der Waals surface area (Å²) in [5.74, 6) is 0. The minimum absolute atomic E-state index is 0.292. The van der Waals surface area contributed by atoms with Crippen LogP contribution in [0.3, 0.4) is 0 Å². The Hall–Kier alpha value is -1.94. The molecule has 0 amide bonds. The molecule has 4 heteroatoms. The van der Waals surface area contributed by atoms with Crippen LogP contribution in [-0.2, 0) is 12.8 Å². The third-order valence-corrected chi connectivity index (χ3v) is 2.75. The molecule has 0 saturated heterocycles. The van der Waals surface area contributed by atoms with Crippen LogP contribution in [0.15, 0.2) is 48.7 Å². The summed E-state index contributed by atoms with van der Waals surface area (Å²) >= 11 is 4.87. The normalized spacial score (nSPS) is 10.0. The maximum Gasteiger partial charge on any atom is 0.168 e. The largest absolute Gasteiger partial charge is 0.376 e. The van der Waals surface area contributed by atoms with Gasteiger partial charge in [0, 0.05) is 17.6 Å². The van der Waals surface area contributed by atoms with E-state index in [0.717, 1.165) is 24.2 Å². The first-order valence-electron chi connectivity index (χ1n) is 5.80. The summed E-state index contributed by atoms with van der Waals surface area (Å²) in [6.45, 7) is 0. The van der Waals surface area contributed by atoms with Crippen molar-refractivity contribution in [3.63, 3.8) is 0 Å². The Morgan fingerprint density at radius 1 is 1.11 bits per heavy atom. The lowest BCUT2D eigenvalue weighted by molar-refractivity contribution is 0.915. The maximum absolute atomic E-state index is 5.51. The fourth-order valence-corrected chi connectivity index (χ4v) is 1.91. The monoisotopic (exact) mass is 257 g/mol. The Bertz CT molecular complexity index is 526. The van der Waals surface area contributed by atoms with Crippen LogP contribution in [0.25, 0.3) is 0 Å². The van der Waals surface area contributed by atoms with E-state index < -0.39 is 0 Å². The summed E-state index contributed by atoms with van der Waals surface area (Å²) in [5.41, 5.74) is 8.76. The summed E-state index contributed by atoms with van der Waals surface area (Å²) in [7, 11) is 0. The van der Waals surface area contributed by atoms with Crippen LogP contribution < -0.4 is 11.1 Å². The van der Waals surface area contributed by atoms with E-state index in [9.17, 15) is 0 Å². The number of pyridine rings is 1. The molecule has 0 atom stereocenters. The average Bonchev–Trinajstić information content (AvgIpc) is 2.38. The van der Waals surface area contributed by atoms with Crippen LogP contribution in [0.2, 0.25) is 0 Å². The molecule has 2 aromatic rings. The summed E-state index contributed by atoms with van der Waals surface area (Å²) < 4.78 is 0. The lowest BCUT2D eigenvalue weighted by Crippen LogP contribution is -2.19. The van der Waals surface area contributed by atoms with Crippen LogP contribution in [0.4, 0.5) is 5.69 Å². The van der Waals surface area contributed by atoms with Gasteiger partial charge in [-0.2, -0.15) is 0 Å². The first-order chi connectivity index (χ1) is 8.75. The van der Waals surface area contributed by atoms with Gasteiger partial charge in [0.2, 0.25) is 0 Å². The Morgan fingerprint density at radius 3 is 2.61 bits per heavy atom. The Morgan fingerprint density at radius 2 is 1.89 bits per heavy atom. The highest BCUT2D eigenvalue weighted by molar-refractivity contribution is 7.80. The summed E-state index contributed by atoms with van der Waals surface area (Å²) in [5, 5.41) is 3.29. The van der Waals surface area contributed by atoms with Gasteiger partial charge in [-0.25, -0.2) is 0 Å². The van der Waals surface area contributed by atoms with E-state index >= 15 is 0 Å². The molecule has 2 rings (SSSR count). The van der Waals surface area contributed by atoms with Gasteiger partial charge in [0.25, 0.3) is 0 Å². The number of rotatable bonds is 4. The summed E-state index contributed by atoms with van der Waals surface area (Å²) in [6.07, 6.45) is 3.62. The van der Waals surface area contributed by atoms with E-state index in [4.69, 9.17) is 18.0 Å². The number of aryl methyl sites for hydroxylation is 2. The van der Waals surface area contributed by atoms with E-state index in [0.29, 0.717) is 5.11 Å². The number of hydrogen-bond donors (Lipinski definition) is 2. The van der Waals surface area contributed by atoms with E-state index in [1.165, 1.54) is 5.56 Å². The second-order valence-corrected chi connectivity index (χ2v) is 4.41. The zero-order valence-electron chi connectivity index (χ0n) is 9.97. The van der Waals surface area contributed by atoms with Crippen molar-refractivity contribution >= 4 is 23.0 Å². The zero-order chi connectivity index (χ0) is 12.8. The number of nitrogens with one attached hydrogen (secondary N) is 1. The SMILES string of the molecule is NC(=S)Nc1ccccc1CCc1ccccn1. The molecule has 0 bridgehead atoms. The molecule has 0 saturated carbocycles. The standard InChI is InChI=1S/C14H15N3S/c15-14(18)17-13-7-2-1-5-11(13)8-9-12-6-3-4-10-16-12/h1-7,10H,8-9H2,(H3,15,17,18). The van der Waals surface area contributed by atoms with Crippen molar-refractivity contribution in [1.82, 2.24) is 4.98 Å². The van der Waals surface area contributed by atoms with E-state index in [1.54, 1.807) is 0 Å². The van der Waals surface area contributed by atoms with Crippen LogP contribution in [0.1, 0.15) is 11.3 Å². The number of benzene rings is 1. The third-order valence-electron chi connectivity index (χ3n) is 2.65. The smallest absolute Gasteiger partial charge is 0.168 e. The predicted molar refractivity (Wildman–Crippen MR) is 78.5 cm³/mol. The predicted octanol–water partition coefficient (Wildman–Crippen LogP) is 2.52. The summed E-state index contributed by atoms with van der Waals surface area (Å²) in [6, 6.07) is 14.0. The van der Waals surface area contributed by atoms with Crippen molar-refractivity contribution in [2.75, 3.05) is 5.32 Å². The fraction of sp³-hybridized carbons (Fsp3) is 0.143. The number of thiocarbonyl (C=S) groups is 1. The first kappa shape index (κ1) is 12.5. The van der Waals surface area contributed by atoms with Crippen molar-refractivity contribution in [1.29, 1.82) is 0 Å². The molecule has 0 fully saturated rings. The first-order valence-corrected chi connectivity index (χ1v) is 6.21. The van der Waals surface area contributed by atoms with Gasteiger partial charge in [0.05, 0.1) is 0 Å². The van der Waals surface area contributed by atoms with E-state index in [-0.39, 0.29) is 0 Å². The lowest BCUT2D eigenvalue weighted by Gasteiger charge is -2.10. The molecule has 0 aliphatic heterocycles. The highest BCUT2D eigenvalue weighted by Gasteiger charge is 2.03. The van der Waals surface area contributed by atoms with Crippen molar-refractivity contribution in [2.45, 2.75) is 12.8 Å². The molecule has 0 radical (unpaired) electrons. The molecule has 3 nitrogen and oxygen atoms in total. The number of anilines is 1. The van der Waals surface area contributed by atoms with Gasteiger partial charge in [-0.15, -0.1) is 0 Å². The highest BCUT2D eigenvalue weighted by Crippen LogP contribution is 2.16. The lowest BCUT2D eigenvalue weighted by atomic mass is 10.1. The second-order valence-electron chi connectivity index (χ2n) is 3.97. The minimum Gasteiger partial charge on any atom is -0.376 e. The molecule has 0 unspecified atom stereocenters. The molecule has 92 valence electrons. The second kappa shape index (κ2) is 6.12. The molecular weight excluding hydrogens is 242 g/mol. The van der Waals surface area contributed by atoms with Crippen molar-refractivity contribution in [3.8, 4) is 0 Å². The van der Waals surface area contributed by atoms with E-state index in [1.807, 2.05) is 42.6 Å². The molecular formula is C14H15N3S. The molecule has 1 heterocycles. The zero-order valence-corrected chi connectivity index (χ0v) is 10.8. The molecule has 1 aromatic heterocycles. The average molecular weight is 257 g/mol. The van der Waals surface area contributed by atoms with Crippen molar-refractivity contribution < 1.29 is 0 Å². The van der Waals surface area contributed by atoms with Gasteiger partial charge >= 0.3 is 0 Å².